The maximum absolute atomic E-state index is 5.87. The molecule has 3 rings (SSSR count). The van der Waals surface area contributed by atoms with E-state index in [1.807, 2.05) is 13.8 Å². The minimum Gasteiger partial charge on any atom is -0.347 e. The Morgan fingerprint density at radius 3 is 2.67 bits per heavy atom. The Balaban J connectivity index is 1.95. The van der Waals surface area contributed by atoms with Crippen molar-refractivity contribution in [2.45, 2.75) is 47.5 Å². The van der Waals surface area contributed by atoms with Crippen LogP contribution in [0.25, 0.3) is 0 Å². The number of rotatable bonds is 0. The summed E-state index contributed by atoms with van der Waals surface area (Å²) >= 11 is 7.22. The summed E-state index contributed by atoms with van der Waals surface area (Å²) in [6.07, 6.45) is -0.623. The highest BCUT2D eigenvalue weighted by molar-refractivity contribution is 9.25. The molecule has 0 aliphatic carbocycles. The first-order valence-corrected chi connectivity index (χ1v) is 6.49. The average molecular weight is 344 g/mol. The van der Waals surface area contributed by atoms with E-state index in [4.69, 9.17) is 18.9 Å². The first-order valence-electron chi connectivity index (χ1n) is 4.91. The zero-order valence-electron chi connectivity index (χ0n) is 8.41. The van der Waals surface area contributed by atoms with E-state index in [0.29, 0.717) is 6.61 Å². The highest BCUT2D eigenvalue weighted by atomic mass is 79.9. The van der Waals surface area contributed by atoms with Crippen LogP contribution in [0.4, 0.5) is 0 Å². The fourth-order valence-electron chi connectivity index (χ4n) is 2.27. The van der Waals surface area contributed by atoms with Crippen molar-refractivity contribution >= 4 is 31.9 Å². The first kappa shape index (κ1) is 10.9. The predicted octanol–water partition coefficient (Wildman–Crippen LogP) is 1.75. The van der Waals surface area contributed by atoms with Crippen LogP contribution in [0.1, 0.15) is 13.8 Å². The third kappa shape index (κ3) is 1.53. The molecule has 0 aromatic heterocycles. The molecule has 0 N–H and O–H groups in total. The van der Waals surface area contributed by atoms with Gasteiger partial charge in [0.05, 0.1) is 6.61 Å². The maximum Gasteiger partial charge on any atom is 0.187 e. The van der Waals surface area contributed by atoms with E-state index in [9.17, 15) is 0 Å². The summed E-state index contributed by atoms with van der Waals surface area (Å²) in [5.74, 6) is -0.584. The van der Waals surface area contributed by atoms with Gasteiger partial charge in [0, 0.05) is 0 Å². The molecular formula is C9H12Br2O4. The molecule has 3 aliphatic rings. The molecule has 0 saturated carbocycles. The summed E-state index contributed by atoms with van der Waals surface area (Å²) in [7, 11) is 0. The standard InChI is InChI=1S/C9H12Br2O4/c1-8(2)14-5-6(15-8)9(10,11)4-3-12-7(5)13-4/h4-7H,3H2,1-2H3/t4-,5+,6-,7-/m1/s1. The second-order valence-electron chi connectivity index (χ2n) is 4.52. The Kier molecular flexibility index (Phi) is 2.31. The first-order chi connectivity index (χ1) is 6.90. The van der Waals surface area contributed by atoms with Crippen molar-refractivity contribution in [1.82, 2.24) is 0 Å². The number of fused-ring (bicyclic) bond motifs is 4. The summed E-state index contributed by atoms with van der Waals surface area (Å²) in [4.78, 5) is 0. The summed E-state index contributed by atoms with van der Waals surface area (Å²) in [5.41, 5.74) is 0. The van der Waals surface area contributed by atoms with Gasteiger partial charge < -0.3 is 18.9 Å². The van der Waals surface area contributed by atoms with Crippen molar-refractivity contribution < 1.29 is 18.9 Å². The Morgan fingerprint density at radius 2 is 1.93 bits per heavy atom. The van der Waals surface area contributed by atoms with Gasteiger partial charge in [0.1, 0.15) is 21.5 Å². The Hall–Kier alpha value is 0.800. The Bertz CT molecular complexity index is 294. The summed E-state index contributed by atoms with van der Waals surface area (Å²) in [6, 6.07) is 0. The van der Waals surface area contributed by atoms with Gasteiger partial charge in [0.25, 0.3) is 0 Å². The van der Waals surface area contributed by atoms with Crippen LogP contribution in [-0.4, -0.2) is 40.2 Å². The van der Waals surface area contributed by atoms with Crippen LogP contribution in [0.3, 0.4) is 0 Å². The monoisotopic (exact) mass is 342 g/mol. The van der Waals surface area contributed by atoms with Crippen LogP contribution in [0.15, 0.2) is 0 Å². The van der Waals surface area contributed by atoms with Gasteiger partial charge in [0.15, 0.2) is 12.1 Å². The second kappa shape index (κ2) is 3.17. The third-order valence-electron chi connectivity index (χ3n) is 2.92. The molecule has 0 radical (unpaired) electrons. The molecule has 2 bridgehead atoms. The number of hydrogen-bond donors (Lipinski definition) is 0. The van der Waals surface area contributed by atoms with Gasteiger partial charge in [0.2, 0.25) is 0 Å². The second-order valence-corrected chi connectivity index (χ2v) is 8.21. The van der Waals surface area contributed by atoms with Crippen molar-refractivity contribution in [3.63, 3.8) is 0 Å². The average Bonchev–Trinajstić information content (AvgIpc) is 2.65. The van der Waals surface area contributed by atoms with Crippen LogP contribution in [0, 0.1) is 0 Å². The van der Waals surface area contributed by atoms with Gasteiger partial charge in [-0.05, 0) is 13.8 Å². The van der Waals surface area contributed by atoms with Gasteiger partial charge in [-0.25, -0.2) is 0 Å². The molecule has 15 heavy (non-hydrogen) atoms. The summed E-state index contributed by atoms with van der Waals surface area (Å²) in [5, 5.41) is 0. The minimum absolute atomic E-state index is 0.0405. The molecule has 0 spiro atoms. The molecule has 3 fully saturated rings. The fourth-order valence-corrected chi connectivity index (χ4v) is 3.45. The van der Waals surface area contributed by atoms with Gasteiger partial charge in [-0.15, -0.1) is 0 Å². The predicted molar refractivity (Wildman–Crippen MR) is 59.0 cm³/mol. The molecule has 0 unspecified atom stereocenters. The van der Waals surface area contributed by atoms with Gasteiger partial charge in [-0.3, -0.25) is 0 Å². The van der Waals surface area contributed by atoms with Crippen molar-refractivity contribution in [3.05, 3.63) is 0 Å². The topological polar surface area (TPSA) is 36.9 Å². The smallest absolute Gasteiger partial charge is 0.187 e. The molecule has 3 heterocycles. The van der Waals surface area contributed by atoms with Crippen LogP contribution >= 0.6 is 31.9 Å². The van der Waals surface area contributed by atoms with Gasteiger partial charge in [-0.2, -0.15) is 0 Å². The molecule has 86 valence electrons. The number of alkyl halides is 2. The van der Waals surface area contributed by atoms with Crippen LogP contribution in [0.2, 0.25) is 0 Å². The van der Waals surface area contributed by atoms with Gasteiger partial charge in [-0.1, -0.05) is 31.9 Å². The normalized spacial score (nSPS) is 50.4. The van der Waals surface area contributed by atoms with E-state index in [-0.39, 0.29) is 24.6 Å². The molecular weight excluding hydrogens is 332 g/mol. The zero-order valence-corrected chi connectivity index (χ0v) is 11.6. The summed E-state index contributed by atoms with van der Waals surface area (Å²) in [6.45, 7) is 4.35. The number of hydrogen-bond acceptors (Lipinski definition) is 4. The SMILES string of the molecule is CC1(C)O[C@@H]2[C@@H]3OC[C@@H](O3)C(Br)(Br)[C@@H]2O1. The lowest BCUT2D eigenvalue weighted by molar-refractivity contribution is -0.186. The number of halogens is 2. The lowest BCUT2D eigenvalue weighted by atomic mass is 10.0. The molecule has 4 nitrogen and oxygen atoms in total. The quantitative estimate of drug-likeness (QED) is 0.628. The minimum atomic E-state index is -0.584. The molecule has 4 atom stereocenters. The zero-order chi connectivity index (χ0) is 10.8. The van der Waals surface area contributed by atoms with E-state index in [1.54, 1.807) is 0 Å². The van der Waals surface area contributed by atoms with Crippen molar-refractivity contribution in [2.24, 2.45) is 0 Å². The van der Waals surface area contributed by atoms with E-state index in [0.717, 1.165) is 0 Å². The largest absolute Gasteiger partial charge is 0.347 e. The lowest BCUT2D eigenvalue weighted by Crippen LogP contribution is -2.55. The Labute approximate surface area is 105 Å². The van der Waals surface area contributed by atoms with Crippen LogP contribution in [-0.2, 0) is 18.9 Å². The highest BCUT2D eigenvalue weighted by Gasteiger charge is 2.64. The van der Waals surface area contributed by atoms with E-state index < -0.39 is 9.02 Å². The van der Waals surface area contributed by atoms with Crippen LogP contribution in [0.5, 0.6) is 0 Å². The maximum atomic E-state index is 5.87. The highest BCUT2D eigenvalue weighted by Crippen LogP contribution is 2.52. The molecule has 0 aromatic rings. The molecule has 3 aliphatic heterocycles. The Morgan fingerprint density at radius 1 is 1.20 bits per heavy atom. The van der Waals surface area contributed by atoms with E-state index in [2.05, 4.69) is 31.9 Å². The van der Waals surface area contributed by atoms with Crippen LogP contribution < -0.4 is 0 Å². The molecule has 0 amide bonds. The number of ether oxygens (including phenoxy) is 4. The van der Waals surface area contributed by atoms with Crippen molar-refractivity contribution in [1.29, 1.82) is 0 Å². The molecule has 6 heteroatoms. The van der Waals surface area contributed by atoms with Gasteiger partial charge >= 0.3 is 0 Å². The van der Waals surface area contributed by atoms with Crippen molar-refractivity contribution in [3.8, 4) is 0 Å². The van der Waals surface area contributed by atoms with Crippen molar-refractivity contribution in [2.75, 3.05) is 6.61 Å². The van der Waals surface area contributed by atoms with E-state index >= 15 is 0 Å². The molecule has 0 aromatic carbocycles. The lowest BCUT2D eigenvalue weighted by Gasteiger charge is -2.38. The third-order valence-corrected chi connectivity index (χ3v) is 4.84. The fraction of sp³-hybridized carbons (Fsp3) is 1.00. The molecule has 3 saturated heterocycles. The summed E-state index contributed by atoms with van der Waals surface area (Å²) < 4.78 is 22.5. The van der Waals surface area contributed by atoms with E-state index in [1.165, 1.54) is 0 Å².